The molecule has 2 unspecified atom stereocenters. The van der Waals surface area contributed by atoms with Crippen LogP contribution in [0.4, 0.5) is 0 Å². The molecule has 58 heavy (non-hydrogen) atoms. The van der Waals surface area contributed by atoms with Gasteiger partial charge in [-0.1, -0.05) is 262 Å². The van der Waals surface area contributed by atoms with Crippen LogP contribution in [0.3, 0.4) is 0 Å². The smallest absolute Gasteiger partial charge is 0.220 e. The summed E-state index contributed by atoms with van der Waals surface area (Å²) in [6.07, 6.45) is 68.6. The number of amides is 1. The minimum Gasteiger partial charge on any atom is -0.394 e. The van der Waals surface area contributed by atoms with E-state index < -0.39 is 12.1 Å². The van der Waals surface area contributed by atoms with Crippen molar-refractivity contribution in [1.82, 2.24) is 5.32 Å². The van der Waals surface area contributed by atoms with E-state index in [-0.39, 0.29) is 12.5 Å². The van der Waals surface area contributed by atoms with Gasteiger partial charge < -0.3 is 15.5 Å². The van der Waals surface area contributed by atoms with Crippen LogP contribution in [0, 0.1) is 0 Å². The average molecular weight is 812 g/mol. The van der Waals surface area contributed by atoms with E-state index in [1.54, 1.807) is 0 Å². The summed E-state index contributed by atoms with van der Waals surface area (Å²) in [7, 11) is 0. The second kappa shape index (κ2) is 49.7. The fourth-order valence-electron chi connectivity index (χ4n) is 7.94. The van der Waals surface area contributed by atoms with Gasteiger partial charge in [0.05, 0.1) is 18.8 Å². The molecule has 0 saturated carbocycles. The normalized spacial score (nSPS) is 13.2. The molecule has 0 aromatic rings. The number of allylic oxidation sites excluding steroid dienone is 8. The van der Waals surface area contributed by atoms with E-state index in [0.717, 1.165) is 51.4 Å². The zero-order chi connectivity index (χ0) is 42.1. The second-order valence-electron chi connectivity index (χ2n) is 17.6. The minimum atomic E-state index is -0.653. The molecule has 0 aliphatic heterocycles. The molecule has 0 aliphatic carbocycles. The topological polar surface area (TPSA) is 69.6 Å². The first kappa shape index (κ1) is 56.4. The number of unbranched alkanes of at least 4 members (excludes halogenated alkanes) is 32. The molecular weight excluding hydrogens is 711 g/mol. The minimum absolute atomic E-state index is 0.0346. The van der Waals surface area contributed by atoms with Crippen LogP contribution in [0.2, 0.25) is 0 Å². The van der Waals surface area contributed by atoms with Gasteiger partial charge in [0.1, 0.15) is 0 Å². The maximum absolute atomic E-state index is 12.3. The Morgan fingerprint density at radius 1 is 0.431 bits per heavy atom. The molecule has 0 aliphatic rings. The molecule has 0 aromatic heterocycles. The molecule has 3 N–H and O–H groups in total. The van der Waals surface area contributed by atoms with Crippen LogP contribution >= 0.6 is 0 Å². The molecule has 0 fully saturated rings. The number of nitrogens with one attached hydrogen (secondary N) is 1. The Bertz CT molecular complexity index is 923. The summed E-state index contributed by atoms with van der Waals surface area (Å²) in [5.74, 6) is -0.0346. The first-order valence-electron chi connectivity index (χ1n) is 25.8. The summed E-state index contributed by atoms with van der Waals surface area (Å²) in [6, 6.07) is -0.529. The van der Waals surface area contributed by atoms with Gasteiger partial charge in [0, 0.05) is 6.42 Å². The number of aliphatic hydroxyl groups excluding tert-OH is 2. The van der Waals surface area contributed by atoms with Crippen molar-refractivity contribution in [2.24, 2.45) is 0 Å². The van der Waals surface area contributed by atoms with Crippen LogP contribution in [-0.2, 0) is 4.79 Å². The van der Waals surface area contributed by atoms with Crippen LogP contribution in [-0.4, -0.2) is 34.9 Å². The Kier molecular flexibility index (Phi) is 48.3. The lowest BCUT2D eigenvalue weighted by Crippen LogP contribution is -2.45. The van der Waals surface area contributed by atoms with Crippen molar-refractivity contribution in [2.45, 2.75) is 283 Å². The van der Waals surface area contributed by atoms with E-state index in [9.17, 15) is 15.0 Å². The third-order valence-electron chi connectivity index (χ3n) is 11.9. The number of hydrogen-bond donors (Lipinski definition) is 3. The highest BCUT2D eigenvalue weighted by molar-refractivity contribution is 5.76. The van der Waals surface area contributed by atoms with Gasteiger partial charge in [-0.05, 0) is 51.4 Å². The molecule has 4 nitrogen and oxygen atoms in total. The molecule has 1 amide bonds. The summed E-state index contributed by atoms with van der Waals surface area (Å²) >= 11 is 0. The highest BCUT2D eigenvalue weighted by Gasteiger charge is 2.20. The van der Waals surface area contributed by atoms with E-state index in [1.165, 1.54) is 193 Å². The highest BCUT2D eigenvalue weighted by atomic mass is 16.3. The predicted molar refractivity (Wildman–Crippen MR) is 258 cm³/mol. The summed E-state index contributed by atoms with van der Waals surface area (Å²) in [5, 5.41) is 22.8. The largest absolute Gasteiger partial charge is 0.394 e. The Hall–Kier alpha value is -1.65. The maximum atomic E-state index is 12.3. The maximum Gasteiger partial charge on any atom is 0.220 e. The third-order valence-corrected chi connectivity index (χ3v) is 11.9. The summed E-state index contributed by atoms with van der Waals surface area (Å²) in [4.78, 5) is 12.3. The van der Waals surface area contributed by atoms with Gasteiger partial charge in [-0.3, -0.25) is 4.79 Å². The molecular formula is C54H101NO3. The van der Waals surface area contributed by atoms with Crippen LogP contribution in [0.15, 0.2) is 48.6 Å². The van der Waals surface area contributed by atoms with Gasteiger partial charge in [-0.15, -0.1) is 0 Å². The van der Waals surface area contributed by atoms with Crippen molar-refractivity contribution in [3.05, 3.63) is 48.6 Å². The number of carbonyl (C=O) groups is 1. The molecule has 2 atom stereocenters. The zero-order valence-corrected chi connectivity index (χ0v) is 39.1. The summed E-state index contributed by atoms with van der Waals surface area (Å²) in [6.45, 7) is 4.18. The molecule has 0 saturated heterocycles. The fourth-order valence-corrected chi connectivity index (χ4v) is 7.94. The Balaban J connectivity index is 3.29. The van der Waals surface area contributed by atoms with E-state index in [4.69, 9.17) is 0 Å². The van der Waals surface area contributed by atoms with E-state index in [2.05, 4.69) is 67.8 Å². The molecule has 0 radical (unpaired) electrons. The molecule has 340 valence electrons. The van der Waals surface area contributed by atoms with Crippen molar-refractivity contribution in [3.63, 3.8) is 0 Å². The van der Waals surface area contributed by atoms with Gasteiger partial charge in [-0.25, -0.2) is 0 Å². The van der Waals surface area contributed by atoms with E-state index in [1.807, 2.05) is 0 Å². The molecule has 0 heterocycles. The van der Waals surface area contributed by atoms with E-state index >= 15 is 0 Å². The molecule has 4 heteroatoms. The number of rotatable bonds is 47. The Morgan fingerprint density at radius 3 is 1.14 bits per heavy atom. The predicted octanol–water partition coefficient (Wildman–Crippen LogP) is 16.7. The quantitative estimate of drug-likeness (QED) is 0.0423. The number of hydrogen-bond acceptors (Lipinski definition) is 3. The van der Waals surface area contributed by atoms with Crippen molar-refractivity contribution >= 4 is 5.91 Å². The van der Waals surface area contributed by atoms with E-state index in [0.29, 0.717) is 12.8 Å². The van der Waals surface area contributed by atoms with Crippen molar-refractivity contribution in [3.8, 4) is 0 Å². The van der Waals surface area contributed by atoms with Crippen molar-refractivity contribution in [1.29, 1.82) is 0 Å². The molecule has 0 bridgehead atoms. The van der Waals surface area contributed by atoms with Crippen LogP contribution in [0.25, 0.3) is 0 Å². The zero-order valence-electron chi connectivity index (χ0n) is 39.1. The second-order valence-corrected chi connectivity index (χ2v) is 17.6. The lowest BCUT2D eigenvalue weighted by atomic mass is 10.0. The lowest BCUT2D eigenvalue weighted by molar-refractivity contribution is -0.123. The van der Waals surface area contributed by atoms with Crippen molar-refractivity contribution in [2.75, 3.05) is 6.61 Å². The van der Waals surface area contributed by atoms with Gasteiger partial charge in [-0.2, -0.15) is 0 Å². The fraction of sp³-hybridized carbons (Fsp3) is 0.833. The van der Waals surface area contributed by atoms with Crippen LogP contribution < -0.4 is 5.32 Å². The first-order valence-corrected chi connectivity index (χ1v) is 25.8. The molecule has 0 aromatic carbocycles. The summed E-state index contributed by atoms with van der Waals surface area (Å²) < 4.78 is 0. The number of carbonyl (C=O) groups excluding carboxylic acids is 1. The molecule has 0 spiro atoms. The Labute approximate surface area is 363 Å². The monoisotopic (exact) mass is 812 g/mol. The molecule has 0 rings (SSSR count). The standard InChI is InChI=1S/C54H101NO3/c1-3-5-7-9-10-11-12-13-14-15-16-17-18-19-20-21-22-23-24-25-26-27-28-29-30-31-32-33-34-35-36-37-38-39-40-41-42-43-44-46-48-50-54(58)55-52(51-56)53(57)49-47-45-8-6-4-2/h5,7,10-11,13-14,16-17,52-53,56-57H,3-4,6,8-9,12,15,18-51H2,1-2H3,(H,55,58)/b7-5-,11-10-,14-13-,17-16-. The highest BCUT2D eigenvalue weighted by Crippen LogP contribution is 2.17. The summed E-state index contributed by atoms with van der Waals surface area (Å²) in [5.41, 5.74) is 0. The van der Waals surface area contributed by atoms with Crippen molar-refractivity contribution < 1.29 is 15.0 Å². The van der Waals surface area contributed by atoms with Gasteiger partial charge in [0.2, 0.25) is 5.91 Å². The van der Waals surface area contributed by atoms with Crippen LogP contribution in [0.1, 0.15) is 271 Å². The average Bonchev–Trinajstić information content (AvgIpc) is 3.23. The van der Waals surface area contributed by atoms with Gasteiger partial charge >= 0.3 is 0 Å². The van der Waals surface area contributed by atoms with Crippen LogP contribution in [0.5, 0.6) is 0 Å². The van der Waals surface area contributed by atoms with Gasteiger partial charge in [0.15, 0.2) is 0 Å². The lowest BCUT2D eigenvalue weighted by Gasteiger charge is -2.22. The SMILES string of the molecule is CC/C=C\C/C=C\C/C=C\C/C=C\CCCCCCCCCCCCCCCCCCCCCCCCCCCCCCC(=O)NC(CO)C(O)CCCCCCC. The third kappa shape index (κ3) is 45.4. The number of aliphatic hydroxyl groups is 2. The van der Waals surface area contributed by atoms with Gasteiger partial charge in [0.25, 0.3) is 0 Å². The Morgan fingerprint density at radius 2 is 0.759 bits per heavy atom. The first-order chi connectivity index (χ1) is 28.7.